The highest BCUT2D eigenvalue weighted by Gasteiger charge is 2.25. The fourth-order valence-corrected chi connectivity index (χ4v) is 4.98. The molecule has 3 nitrogen and oxygen atoms in total. The smallest absolute Gasteiger partial charge is 0.216 e. The lowest BCUT2D eigenvalue weighted by Crippen LogP contribution is -2.36. The Kier molecular flexibility index (Phi) is 5.20. The summed E-state index contributed by atoms with van der Waals surface area (Å²) in [6, 6.07) is 15.9. The second-order valence-electron chi connectivity index (χ2n) is 10.4. The Labute approximate surface area is 225 Å². The third-order valence-electron chi connectivity index (χ3n) is 7.16. The zero-order valence-electron chi connectivity index (χ0n) is 26.6. The predicted molar refractivity (Wildman–Crippen MR) is 154 cm³/mol. The maximum Gasteiger partial charge on any atom is 0.216 e. The minimum absolute atomic E-state index is 0.0416. The molecule has 0 aliphatic heterocycles. The van der Waals surface area contributed by atoms with Crippen LogP contribution in [0.4, 0.5) is 5.69 Å². The van der Waals surface area contributed by atoms with Gasteiger partial charge in [-0.2, -0.15) is 4.57 Å². The minimum Gasteiger partial charge on any atom is -0.456 e. The molecule has 0 radical (unpaired) electrons. The molecular formula is C34H35N2O+. The summed E-state index contributed by atoms with van der Waals surface area (Å²) in [4.78, 5) is 3.82. The van der Waals surface area contributed by atoms with E-state index in [1.807, 2.05) is 61.9 Å². The molecule has 0 fully saturated rings. The van der Waals surface area contributed by atoms with Crippen molar-refractivity contribution >= 4 is 27.6 Å². The molecule has 186 valence electrons. The number of pyridine rings is 1. The average Bonchev–Trinajstić information content (AvgIpc) is 3.31. The first-order valence-electron chi connectivity index (χ1n) is 14.8. The van der Waals surface area contributed by atoms with Crippen LogP contribution < -0.4 is 4.57 Å². The highest BCUT2D eigenvalue weighted by molar-refractivity contribution is 6.15. The van der Waals surface area contributed by atoms with Gasteiger partial charge in [0.1, 0.15) is 18.2 Å². The first-order chi connectivity index (χ1) is 19.3. The van der Waals surface area contributed by atoms with Crippen molar-refractivity contribution in [3.05, 3.63) is 94.4 Å². The Morgan fingerprint density at radius 1 is 0.919 bits per heavy atom. The van der Waals surface area contributed by atoms with Crippen molar-refractivity contribution in [2.45, 2.75) is 53.8 Å². The average molecular weight is 492 g/mol. The fourth-order valence-electron chi connectivity index (χ4n) is 4.98. The van der Waals surface area contributed by atoms with E-state index >= 15 is 0 Å². The van der Waals surface area contributed by atoms with Gasteiger partial charge in [0, 0.05) is 37.6 Å². The number of rotatable bonds is 5. The van der Waals surface area contributed by atoms with Gasteiger partial charge in [0.05, 0.1) is 14.9 Å². The highest BCUT2D eigenvalue weighted by Crippen LogP contribution is 2.44. The van der Waals surface area contributed by atoms with Crippen LogP contribution in [0.2, 0.25) is 0 Å². The summed E-state index contributed by atoms with van der Waals surface area (Å²) in [5.41, 5.74) is 7.50. The van der Waals surface area contributed by atoms with Crippen LogP contribution in [0.25, 0.3) is 49.2 Å². The second kappa shape index (κ2) is 9.52. The van der Waals surface area contributed by atoms with E-state index in [1.165, 1.54) is 5.56 Å². The van der Waals surface area contributed by atoms with Gasteiger partial charge in [-0.25, -0.2) is 4.85 Å². The minimum atomic E-state index is -1.76. The standard InChI is InChI=1S/C34H35N2O/c1-20(2)19-26-14-18-30(36(8)23(26)6)31-22(5)9-15-27-28-16-17-29(35-7)32(34(28)37-33(27)31)25-12-10-24(11-13-25)21(3)4/h9-18,20-21H,19H2,1-6,8H3/q+1/i14D,18D,19D2. The fraction of sp³-hybridized carbons (Fsp3) is 0.294. The van der Waals surface area contributed by atoms with E-state index in [0.717, 1.165) is 27.5 Å². The number of nitrogens with zero attached hydrogens (tertiary/aromatic N) is 2. The van der Waals surface area contributed by atoms with Crippen LogP contribution in [-0.4, -0.2) is 0 Å². The van der Waals surface area contributed by atoms with Crippen LogP contribution in [0, 0.1) is 26.3 Å². The number of aromatic nitrogens is 1. The van der Waals surface area contributed by atoms with E-state index in [2.05, 4.69) is 30.8 Å². The zero-order valence-corrected chi connectivity index (χ0v) is 22.6. The van der Waals surface area contributed by atoms with Crippen LogP contribution in [-0.2, 0) is 13.4 Å². The molecule has 37 heavy (non-hydrogen) atoms. The SMILES string of the molecule is [2H]c1c([2H])c(-c2c(C)ccc3c2oc2c(-c4ccc(C(C)C)cc4)c([N+]#[C-])ccc23)[n+](C)c(C)c1C([2H])([2H])C(C)C. The van der Waals surface area contributed by atoms with Gasteiger partial charge < -0.3 is 4.42 Å². The molecule has 2 heterocycles. The van der Waals surface area contributed by atoms with Gasteiger partial charge in [-0.15, -0.1) is 0 Å². The molecule has 0 spiro atoms. The van der Waals surface area contributed by atoms with Crippen LogP contribution in [0.1, 0.15) is 61.5 Å². The molecular weight excluding hydrogens is 452 g/mol. The maximum absolute atomic E-state index is 9.08. The van der Waals surface area contributed by atoms with Crippen LogP contribution >= 0.6 is 0 Å². The topological polar surface area (TPSA) is 21.4 Å². The van der Waals surface area contributed by atoms with Gasteiger partial charge >= 0.3 is 0 Å². The van der Waals surface area contributed by atoms with Gasteiger partial charge in [-0.05, 0) is 47.9 Å². The van der Waals surface area contributed by atoms with Crippen molar-refractivity contribution < 1.29 is 14.5 Å². The first kappa shape index (κ1) is 20.2. The Morgan fingerprint density at radius 3 is 2.19 bits per heavy atom. The Morgan fingerprint density at radius 2 is 1.57 bits per heavy atom. The Balaban J connectivity index is 1.86. The number of fused-ring (bicyclic) bond motifs is 3. The summed E-state index contributed by atoms with van der Waals surface area (Å²) in [7, 11) is 1.82. The lowest BCUT2D eigenvalue weighted by atomic mass is 9.95. The molecule has 0 amide bonds. The van der Waals surface area contributed by atoms with Crippen molar-refractivity contribution in [3.63, 3.8) is 0 Å². The Bertz CT molecular complexity index is 1850. The third kappa shape index (κ3) is 4.21. The number of furan rings is 1. The van der Waals surface area contributed by atoms with Gasteiger partial charge in [-0.3, -0.25) is 0 Å². The molecule has 5 aromatic rings. The van der Waals surface area contributed by atoms with Gasteiger partial charge in [0.15, 0.2) is 11.4 Å². The zero-order chi connectivity index (χ0) is 30.0. The number of aryl methyl sites for hydroxylation is 1. The molecule has 0 bridgehead atoms. The number of hydrogen-bond acceptors (Lipinski definition) is 1. The summed E-state index contributed by atoms with van der Waals surface area (Å²) in [5, 5.41) is 1.74. The molecule has 0 N–H and O–H groups in total. The van der Waals surface area contributed by atoms with Crippen molar-refractivity contribution in [3.8, 4) is 22.4 Å². The van der Waals surface area contributed by atoms with Crippen LogP contribution in [0.5, 0.6) is 0 Å². The number of hydrogen-bond donors (Lipinski definition) is 0. The highest BCUT2D eigenvalue weighted by atomic mass is 16.3. The molecule has 0 unspecified atom stereocenters. The van der Waals surface area contributed by atoms with E-state index in [1.54, 1.807) is 13.8 Å². The largest absolute Gasteiger partial charge is 0.456 e. The van der Waals surface area contributed by atoms with Gasteiger partial charge in [-0.1, -0.05) is 76.2 Å². The van der Waals surface area contributed by atoms with Crippen LogP contribution in [0.15, 0.2) is 65.0 Å². The summed E-state index contributed by atoms with van der Waals surface area (Å²) < 4.78 is 43.9. The monoisotopic (exact) mass is 491 g/mol. The molecule has 0 saturated heterocycles. The van der Waals surface area contributed by atoms with E-state index in [0.29, 0.717) is 39.7 Å². The molecule has 0 aliphatic rings. The summed E-state index contributed by atoms with van der Waals surface area (Å²) in [6.45, 7) is 19.5. The molecule has 3 aromatic carbocycles. The molecule has 0 atom stereocenters. The molecule has 0 saturated carbocycles. The molecule has 2 aromatic heterocycles. The van der Waals surface area contributed by atoms with E-state index in [4.69, 9.17) is 16.5 Å². The predicted octanol–water partition coefficient (Wildman–Crippen LogP) is 9.23. The lowest BCUT2D eigenvalue weighted by molar-refractivity contribution is -0.667. The summed E-state index contributed by atoms with van der Waals surface area (Å²) >= 11 is 0. The molecule has 3 heteroatoms. The van der Waals surface area contributed by atoms with Crippen molar-refractivity contribution in [2.24, 2.45) is 13.0 Å². The quantitative estimate of drug-likeness (QED) is 0.177. The van der Waals surface area contributed by atoms with E-state index in [9.17, 15) is 0 Å². The van der Waals surface area contributed by atoms with Crippen molar-refractivity contribution in [1.29, 1.82) is 0 Å². The van der Waals surface area contributed by atoms with Crippen molar-refractivity contribution in [1.82, 2.24) is 0 Å². The van der Waals surface area contributed by atoms with E-state index < -0.39 is 6.37 Å². The number of benzene rings is 3. The van der Waals surface area contributed by atoms with Gasteiger partial charge in [0.2, 0.25) is 5.69 Å². The Hall–Kier alpha value is -3.90. The first-order valence-corrected chi connectivity index (χ1v) is 12.8. The summed E-state index contributed by atoms with van der Waals surface area (Å²) in [6.07, 6.45) is -1.76. The lowest BCUT2D eigenvalue weighted by Gasteiger charge is -2.11. The van der Waals surface area contributed by atoms with Crippen LogP contribution in [0.3, 0.4) is 0 Å². The second-order valence-corrected chi connectivity index (χ2v) is 10.4. The van der Waals surface area contributed by atoms with Crippen molar-refractivity contribution in [2.75, 3.05) is 0 Å². The normalized spacial score (nSPS) is 13.6. The third-order valence-corrected chi connectivity index (χ3v) is 7.16. The van der Waals surface area contributed by atoms with E-state index in [-0.39, 0.29) is 23.6 Å². The molecule has 0 aliphatic carbocycles. The summed E-state index contributed by atoms with van der Waals surface area (Å²) in [5.74, 6) is 0.0325. The maximum atomic E-state index is 9.08. The molecule has 5 rings (SSSR count). The van der Waals surface area contributed by atoms with Gasteiger partial charge in [0.25, 0.3) is 0 Å².